The fourth-order valence-corrected chi connectivity index (χ4v) is 2.10. The third-order valence-electron chi connectivity index (χ3n) is 3.06. The topological polar surface area (TPSA) is 41.1 Å². The van der Waals surface area contributed by atoms with E-state index in [-0.39, 0.29) is 23.9 Å². The maximum absolute atomic E-state index is 13.4. The SMILES string of the molecule is O=C(Cc1cc(F)ccc1F)NC1CCNCC1. The van der Waals surface area contributed by atoms with Gasteiger partial charge >= 0.3 is 0 Å². The minimum atomic E-state index is -0.545. The zero-order valence-electron chi connectivity index (χ0n) is 10.0. The van der Waals surface area contributed by atoms with Gasteiger partial charge in [0.1, 0.15) is 11.6 Å². The monoisotopic (exact) mass is 254 g/mol. The molecule has 1 aliphatic heterocycles. The van der Waals surface area contributed by atoms with Gasteiger partial charge in [-0.05, 0) is 44.1 Å². The van der Waals surface area contributed by atoms with Crippen molar-refractivity contribution in [1.29, 1.82) is 0 Å². The molecule has 3 nitrogen and oxygen atoms in total. The van der Waals surface area contributed by atoms with Crippen molar-refractivity contribution in [2.24, 2.45) is 0 Å². The number of hydrogen-bond acceptors (Lipinski definition) is 2. The molecule has 0 atom stereocenters. The molecule has 2 N–H and O–H groups in total. The third kappa shape index (κ3) is 3.50. The summed E-state index contributed by atoms with van der Waals surface area (Å²) in [6, 6.07) is 3.29. The van der Waals surface area contributed by atoms with Gasteiger partial charge in [-0.3, -0.25) is 4.79 Å². The fraction of sp³-hybridized carbons (Fsp3) is 0.462. The lowest BCUT2D eigenvalue weighted by Gasteiger charge is -2.23. The molecule has 1 heterocycles. The molecule has 0 bridgehead atoms. The van der Waals surface area contributed by atoms with Crippen LogP contribution in [-0.4, -0.2) is 25.0 Å². The van der Waals surface area contributed by atoms with E-state index in [1.165, 1.54) is 0 Å². The van der Waals surface area contributed by atoms with E-state index in [1.54, 1.807) is 0 Å². The molecule has 1 amide bonds. The number of halogens is 2. The Labute approximate surface area is 105 Å². The lowest BCUT2D eigenvalue weighted by molar-refractivity contribution is -0.121. The lowest BCUT2D eigenvalue weighted by Crippen LogP contribution is -2.43. The van der Waals surface area contributed by atoms with Gasteiger partial charge in [-0.15, -0.1) is 0 Å². The van der Waals surface area contributed by atoms with Crippen molar-refractivity contribution < 1.29 is 13.6 Å². The van der Waals surface area contributed by atoms with Crippen molar-refractivity contribution in [1.82, 2.24) is 10.6 Å². The summed E-state index contributed by atoms with van der Waals surface area (Å²) >= 11 is 0. The first-order valence-electron chi connectivity index (χ1n) is 6.09. The molecule has 0 saturated carbocycles. The maximum atomic E-state index is 13.4. The van der Waals surface area contributed by atoms with Crippen LogP contribution in [0.5, 0.6) is 0 Å². The second-order valence-electron chi connectivity index (χ2n) is 4.50. The van der Waals surface area contributed by atoms with E-state index >= 15 is 0 Å². The summed E-state index contributed by atoms with van der Waals surface area (Å²) in [5.74, 6) is -1.33. The Morgan fingerprint density at radius 3 is 2.78 bits per heavy atom. The van der Waals surface area contributed by atoms with E-state index in [2.05, 4.69) is 10.6 Å². The number of carbonyl (C=O) groups excluding carboxylic acids is 1. The van der Waals surface area contributed by atoms with Crippen LogP contribution in [0.2, 0.25) is 0 Å². The van der Waals surface area contributed by atoms with Crippen LogP contribution in [0, 0.1) is 11.6 Å². The molecule has 1 aliphatic rings. The van der Waals surface area contributed by atoms with E-state index in [0.29, 0.717) is 0 Å². The van der Waals surface area contributed by atoms with Gasteiger partial charge in [0.2, 0.25) is 5.91 Å². The molecule has 1 fully saturated rings. The van der Waals surface area contributed by atoms with Gasteiger partial charge in [0.25, 0.3) is 0 Å². The van der Waals surface area contributed by atoms with Gasteiger partial charge < -0.3 is 10.6 Å². The highest BCUT2D eigenvalue weighted by Gasteiger charge is 2.16. The normalized spacial score (nSPS) is 16.6. The molecule has 0 aliphatic carbocycles. The second kappa shape index (κ2) is 5.91. The molecule has 1 aromatic carbocycles. The van der Waals surface area contributed by atoms with Crippen LogP contribution in [0.15, 0.2) is 18.2 Å². The first-order valence-corrected chi connectivity index (χ1v) is 6.09. The summed E-state index contributed by atoms with van der Waals surface area (Å²) in [7, 11) is 0. The van der Waals surface area contributed by atoms with Crippen molar-refractivity contribution in [3.63, 3.8) is 0 Å². The Kier molecular flexibility index (Phi) is 4.25. The molecular weight excluding hydrogens is 238 g/mol. The van der Waals surface area contributed by atoms with Crippen LogP contribution < -0.4 is 10.6 Å². The summed E-state index contributed by atoms with van der Waals surface area (Å²) < 4.78 is 26.3. The highest BCUT2D eigenvalue weighted by molar-refractivity contribution is 5.78. The van der Waals surface area contributed by atoms with E-state index < -0.39 is 11.6 Å². The van der Waals surface area contributed by atoms with Gasteiger partial charge in [-0.2, -0.15) is 0 Å². The fourth-order valence-electron chi connectivity index (χ4n) is 2.10. The molecule has 2 rings (SSSR count). The maximum Gasteiger partial charge on any atom is 0.224 e. The van der Waals surface area contributed by atoms with E-state index in [4.69, 9.17) is 0 Å². The molecule has 5 heteroatoms. The predicted molar refractivity (Wildman–Crippen MR) is 64.1 cm³/mol. The summed E-state index contributed by atoms with van der Waals surface area (Å²) in [6.07, 6.45) is 1.63. The van der Waals surface area contributed by atoms with Gasteiger partial charge in [0.05, 0.1) is 6.42 Å². The molecule has 0 aromatic heterocycles. The van der Waals surface area contributed by atoms with Gasteiger partial charge in [-0.25, -0.2) is 8.78 Å². The van der Waals surface area contributed by atoms with E-state index in [0.717, 1.165) is 44.1 Å². The highest BCUT2D eigenvalue weighted by atomic mass is 19.1. The van der Waals surface area contributed by atoms with Gasteiger partial charge in [0.15, 0.2) is 0 Å². The van der Waals surface area contributed by atoms with Crippen LogP contribution in [0.25, 0.3) is 0 Å². The van der Waals surface area contributed by atoms with Crippen LogP contribution in [-0.2, 0) is 11.2 Å². The Morgan fingerprint density at radius 2 is 2.06 bits per heavy atom. The summed E-state index contributed by atoms with van der Waals surface area (Å²) in [5.41, 5.74) is 0.0986. The average molecular weight is 254 g/mol. The predicted octanol–water partition coefficient (Wildman–Crippen LogP) is 1.38. The number of amides is 1. The first kappa shape index (κ1) is 13.0. The molecule has 98 valence electrons. The molecule has 0 radical (unpaired) electrons. The minimum Gasteiger partial charge on any atom is -0.353 e. The van der Waals surface area contributed by atoms with Crippen LogP contribution >= 0.6 is 0 Å². The number of benzene rings is 1. The van der Waals surface area contributed by atoms with Gasteiger partial charge in [0, 0.05) is 11.6 Å². The molecular formula is C13H16F2N2O. The lowest BCUT2D eigenvalue weighted by atomic mass is 10.1. The number of hydrogen-bond donors (Lipinski definition) is 2. The number of nitrogens with one attached hydrogen (secondary N) is 2. The van der Waals surface area contributed by atoms with Crippen molar-refractivity contribution in [3.8, 4) is 0 Å². The Morgan fingerprint density at radius 1 is 1.33 bits per heavy atom. The average Bonchev–Trinajstić information content (AvgIpc) is 2.35. The Bertz CT molecular complexity index is 431. The van der Waals surface area contributed by atoms with Crippen LogP contribution in [0.1, 0.15) is 18.4 Å². The molecule has 0 spiro atoms. The van der Waals surface area contributed by atoms with E-state index in [9.17, 15) is 13.6 Å². The molecule has 0 unspecified atom stereocenters. The standard InChI is InChI=1S/C13H16F2N2O/c14-10-1-2-12(15)9(7-10)8-13(18)17-11-3-5-16-6-4-11/h1-2,7,11,16H,3-6,8H2,(H,17,18). The number of carbonyl (C=O) groups is 1. The first-order chi connectivity index (χ1) is 8.65. The Hall–Kier alpha value is -1.49. The van der Waals surface area contributed by atoms with Crippen molar-refractivity contribution >= 4 is 5.91 Å². The summed E-state index contributed by atoms with van der Waals surface area (Å²) in [5, 5.41) is 6.04. The summed E-state index contributed by atoms with van der Waals surface area (Å²) in [4.78, 5) is 11.7. The largest absolute Gasteiger partial charge is 0.353 e. The van der Waals surface area contributed by atoms with E-state index in [1.807, 2.05) is 0 Å². The molecule has 1 saturated heterocycles. The highest BCUT2D eigenvalue weighted by Crippen LogP contribution is 2.11. The second-order valence-corrected chi connectivity index (χ2v) is 4.50. The van der Waals surface area contributed by atoms with Gasteiger partial charge in [-0.1, -0.05) is 0 Å². The Balaban J connectivity index is 1.92. The quantitative estimate of drug-likeness (QED) is 0.855. The third-order valence-corrected chi connectivity index (χ3v) is 3.06. The van der Waals surface area contributed by atoms with Crippen molar-refractivity contribution in [3.05, 3.63) is 35.4 Å². The van der Waals surface area contributed by atoms with Crippen LogP contribution in [0.4, 0.5) is 8.78 Å². The smallest absolute Gasteiger partial charge is 0.224 e. The van der Waals surface area contributed by atoms with Crippen LogP contribution in [0.3, 0.4) is 0 Å². The molecule has 1 aromatic rings. The minimum absolute atomic E-state index is 0.0986. The molecule has 18 heavy (non-hydrogen) atoms. The summed E-state index contributed by atoms with van der Waals surface area (Å²) in [6.45, 7) is 1.75. The van der Waals surface area contributed by atoms with Crippen molar-refractivity contribution in [2.45, 2.75) is 25.3 Å². The zero-order valence-corrected chi connectivity index (χ0v) is 10.0. The van der Waals surface area contributed by atoms with Crippen molar-refractivity contribution in [2.75, 3.05) is 13.1 Å². The number of rotatable bonds is 3. The zero-order chi connectivity index (χ0) is 13.0. The number of piperidine rings is 1.